The fourth-order valence-corrected chi connectivity index (χ4v) is 4.92. The molecule has 30 heavy (non-hydrogen) atoms. The first-order chi connectivity index (χ1) is 14.5. The Bertz CT molecular complexity index is 856. The predicted octanol–water partition coefficient (Wildman–Crippen LogP) is 4.37. The van der Waals surface area contributed by atoms with E-state index in [1.807, 2.05) is 36.1 Å². The highest BCUT2D eigenvalue weighted by Gasteiger charge is 2.33. The molecular formula is C22H26Cl2N2O3S. The number of carbonyl (C=O) groups excluding carboxylic acids is 2. The summed E-state index contributed by atoms with van der Waals surface area (Å²) in [6.45, 7) is 4.17. The van der Waals surface area contributed by atoms with Crippen LogP contribution in [0.25, 0.3) is 0 Å². The van der Waals surface area contributed by atoms with Gasteiger partial charge in [-0.2, -0.15) is 0 Å². The summed E-state index contributed by atoms with van der Waals surface area (Å²) in [6, 6.07) is 9.52. The second-order valence-electron chi connectivity index (χ2n) is 7.09. The zero-order chi connectivity index (χ0) is 21.5. The van der Waals surface area contributed by atoms with Crippen molar-refractivity contribution in [1.29, 1.82) is 0 Å². The zero-order valence-electron chi connectivity index (χ0n) is 17.0. The molecule has 0 aliphatic carbocycles. The van der Waals surface area contributed by atoms with Gasteiger partial charge in [-0.05, 0) is 54.5 Å². The number of ether oxygens (including phenoxy) is 1. The monoisotopic (exact) mass is 468 g/mol. The van der Waals surface area contributed by atoms with E-state index in [1.165, 1.54) is 9.78 Å². The normalized spacial score (nSPS) is 15.7. The third kappa shape index (κ3) is 5.55. The van der Waals surface area contributed by atoms with Crippen LogP contribution in [0.3, 0.4) is 0 Å². The van der Waals surface area contributed by atoms with Gasteiger partial charge >= 0.3 is 0 Å². The molecule has 2 heterocycles. The molecule has 1 aliphatic rings. The largest absolute Gasteiger partial charge is 0.382 e. The summed E-state index contributed by atoms with van der Waals surface area (Å²) in [7, 11) is 0. The molecule has 2 aromatic rings. The van der Waals surface area contributed by atoms with Crippen LogP contribution in [0.15, 0.2) is 35.7 Å². The third-order valence-corrected chi connectivity index (χ3v) is 6.66. The molecule has 5 nitrogen and oxygen atoms in total. The molecule has 1 unspecified atom stereocenters. The van der Waals surface area contributed by atoms with Gasteiger partial charge in [-0.15, -0.1) is 22.9 Å². The van der Waals surface area contributed by atoms with Crippen LogP contribution in [0.2, 0.25) is 5.02 Å². The Morgan fingerprint density at radius 1 is 1.27 bits per heavy atom. The molecule has 3 rings (SSSR count). The zero-order valence-corrected chi connectivity index (χ0v) is 19.3. The van der Waals surface area contributed by atoms with E-state index in [2.05, 4.69) is 11.4 Å². The number of alkyl halides is 1. The summed E-state index contributed by atoms with van der Waals surface area (Å²) in [5.41, 5.74) is 2.16. The highest BCUT2D eigenvalue weighted by Crippen LogP contribution is 2.38. The van der Waals surface area contributed by atoms with E-state index >= 15 is 0 Å². The number of thiophene rings is 1. The Morgan fingerprint density at radius 3 is 2.73 bits per heavy atom. The second kappa shape index (κ2) is 11.1. The highest BCUT2D eigenvalue weighted by atomic mass is 35.5. The number of nitrogens with zero attached hydrogens (tertiary/aromatic N) is 2. The molecule has 0 spiro atoms. The summed E-state index contributed by atoms with van der Waals surface area (Å²) in [4.78, 5) is 30.3. The number of carbonyl (C=O) groups is 2. The van der Waals surface area contributed by atoms with Gasteiger partial charge in [-0.3, -0.25) is 9.59 Å². The number of amides is 2. The van der Waals surface area contributed by atoms with Crippen LogP contribution >= 0.6 is 34.5 Å². The minimum absolute atomic E-state index is 0.0151. The van der Waals surface area contributed by atoms with Gasteiger partial charge in [0.05, 0.1) is 12.6 Å². The van der Waals surface area contributed by atoms with E-state index in [0.717, 1.165) is 17.5 Å². The number of benzene rings is 1. The highest BCUT2D eigenvalue weighted by molar-refractivity contribution is 7.10. The lowest BCUT2D eigenvalue weighted by Crippen LogP contribution is -2.47. The fourth-order valence-electron chi connectivity index (χ4n) is 3.72. The minimum atomic E-state index is -0.238. The molecular weight excluding hydrogens is 443 g/mol. The van der Waals surface area contributed by atoms with Gasteiger partial charge in [0.2, 0.25) is 11.8 Å². The van der Waals surface area contributed by atoms with Crippen molar-refractivity contribution in [3.63, 3.8) is 0 Å². The van der Waals surface area contributed by atoms with Gasteiger partial charge in [0.25, 0.3) is 0 Å². The van der Waals surface area contributed by atoms with Crippen LogP contribution in [-0.4, -0.2) is 60.3 Å². The molecule has 2 amide bonds. The van der Waals surface area contributed by atoms with Crippen LogP contribution in [0, 0.1) is 0 Å². The maximum Gasteiger partial charge on any atom is 0.242 e. The van der Waals surface area contributed by atoms with Crippen LogP contribution < -0.4 is 0 Å². The molecule has 8 heteroatoms. The van der Waals surface area contributed by atoms with Crippen molar-refractivity contribution in [3.05, 3.63) is 56.7 Å². The van der Waals surface area contributed by atoms with Crippen molar-refractivity contribution in [2.45, 2.75) is 25.8 Å². The first-order valence-electron chi connectivity index (χ1n) is 10.1. The summed E-state index contributed by atoms with van der Waals surface area (Å²) < 4.78 is 5.36. The summed E-state index contributed by atoms with van der Waals surface area (Å²) in [5, 5.41) is 2.73. The smallest absolute Gasteiger partial charge is 0.242 e. The summed E-state index contributed by atoms with van der Waals surface area (Å²) >= 11 is 13.6. The van der Waals surface area contributed by atoms with Gasteiger partial charge in [0.1, 0.15) is 5.88 Å². The van der Waals surface area contributed by atoms with Crippen molar-refractivity contribution >= 4 is 46.4 Å². The van der Waals surface area contributed by atoms with E-state index in [9.17, 15) is 9.59 Å². The average Bonchev–Trinajstić information content (AvgIpc) is 3.24. The number of hydrogen-bond acceptors (Lipinski definition) is 4. The summed E-state index contributed by atoms with van der Waals surface area (Å²) in [5.74, 6) is -0.462. The van der Waals surface area contributed by atoms with Gasteiger partial charge < -0.3 is 14.5 Å². The van der Waals surface area contributed by atoms with E-state index in [4.69, 9.17) is 27.9 Å². The van der Waals surface area contributed by atoms with E-state index in [-0.39, 0.29) is 30.3 Å². The van der Waals surface area contributed by atoms with Crippen molar-refractivity contribution in [1.82, 2.24) is 9.80 Å². The van der Waals surface area contributed by atoms with Crippen LogP contribution in [0.4, 0.5) is 0 Å². The Balaban J connectivity index is 1.79. The SMILES string of the molecule is CCOCCCN(CC(=O)N1CCc2sccc2C1c1ccc(Cl)cc1)C(=O)CCl. The maximum absolute atomic E-state index is 13.3. The molecule has 1 aliphatic heterocycles. The Hall–Kier alpha value is -1.60. The molecule has 0 saturated carbocycles. The van der Waals surface area contributed by atoms with E-state index in [0.29, 0.717) is 37.7 Å². The van der Waals surface area contributed by atoms with E-state index < -0.39 is 0 Å². The second-order valence-corrected chi connectivity index (χ2v) is 8.79. The fraction of sp³-hybridized carbons (Fsp3) is 0.455. The van der Waals surface area contributed by atoms with Crippen LogP contribution in [0.1, 0.15) is 35.4 Å². The number of halogens is 2. The lowest BCUT2D eigenvalue weighted by Gasteiger charge is -2.37. The first kappa shape index (κ1) is 23.1. The molecule has 0 fully saturated rings. The van der Waals surface area contributed by atoms with Gasteiger partial charge in [-0.25, -0.2) is 0 Å². The Kier molecular flexibility index (Phi) is 8.57. The van der Waals surface area contributed by atoms with Crippen molar-refractivity contribution in [2.75, 3.05) is 38.7 Å². The number of fused-ring (bicyclic) bond motifs is 1. The third-order valence-electron chi connectivity index (χ3n) is 5.19. The molecule has 0 N–H and O–H groups in total. The van der Waals surface area contributed by atoms with Crippen molar-refractivity contribution in [3.8, 4) is 0 Å². The quantitative estimate of drug-likeness (QED) is 0.405. The van der Waals surface area contributed by atoms with Gasteiger partial charge in [-0.1, -0.05) is 23.7 Å². The molecule has 1 aromatic carbocycles. The number of rotatable bonds is 9. The predicted molar refractivity (Wildman–Crippen MR) is 121 cm³/mol. The van der Waals surface area contributed by atoms with Crippen LogP contribution in [-0.2, 0) is 20.7 Å². The molecule has 0 saturated heterocycles. The molecule has 162 valence electrons. The Labute approximate surface area is 191 Å². The van der Waals surface area contributed by atoms with Gasteiger partial charge in [0.15, 0.2) is 0 Å². The average molecular weight is 469 g/mol. The summed E-state index contributed by atoms with van der Waals surface area (Å²) in [6.07, 6.45) is 1.48. The Morgan fingerprint density at radius 2 is 2.03 bits per heavy atom. The topological polar surface area (TPSA) is 49.9 Å². The standard InChI is InChI=1S/C22H26Cl2N2O3S/c1-2-29-12-3-10-25(20(27)14-23)15-21(28)26-11-8-19-18(9-13-30-19)22(26)16-4-6-17(24)7-5-16/h4-7,9,13,22H,2-3,8,10-12,14-15H2,1H3. The van der Waals surface area contributed by atoms with Crippen LogP contribution in [0.5, 0.6) is 0 Å². The van der Waals surface area contributed by atoms with Crippen molar-refractivity contribution < 1.29 is 14.3 Å². The molecule has 0 radical (unpaired) electrons. The lowest BCUT2D eigenvalue weighted by atomic mass is 9.93. The van der Waals surface area contributed by atoms with E-state index in [1.54, 1.807) is 11.3 Å². The maximum atomic E-state index is 13.3. The first-order valence-corrected chi connectivity index (χ1v) is 11.9. The molecule has 1 atom stereocenters. The molecule has 0 bridgehead atoms. The van der Waals surface area contributed by atoms with Crippen molar-refractivity contribution in [2.24, 2.45) is 0 Å². The number of hydrogen-bond donors (Lipinski definition) is 0. The molecule has 1 aromatic heterocycles. The van der Waals surface area contributed by atoms with Gasteiger partial charge in [0, 0.05) is 36.2 Å². The lowest BCUT2D eigenvalue weighted by molar-refractivity contribution is -0.140. The minimum Gasteiger partial charge on any atom is -0.382 e.